The molecule has 132 valence electrons. The molecule has 1 saturated heterocycles. The second-order valence-corrected chi connectivity index (χ2v) is 6.73. The Morgan fingerprint density at radius 3 is 2.46 bits per heavy atom. The van der Waals surface area contributed by atoms with Crippen LogP contribution in [0, 0.1) is 0 Å². The van der Waals surface area contributed by atoms with Gasteiger partial charge in [-0.15, -0.1) is 0 Å². The molecule has 0 saturated carbocycles. The van der Waals surface area contributed by atoms with E-state index in [9.17, 15) is 9.59 Å². The van der Waals surface area contributed by atoms with Crippen LogP contribution in [-0.4, -0.2) is 42.0 Å². The van der Waals surface area contributed by atoms with E-state index in [2.05, 4.69) is 9.88 Å². The van der Waals surface area contributed by atoms with Gasteiger partial charge in [-0.25, -0.2) is 0 Å². The fraction of sp³-hybridized carbons (Fsp3) is 0.200. The Balaban J connectivity index is 1.54. The van der Waals surface area contributed by atoms with Gasteiger partial charge in [0, 0.05) is 37.6 Å². The van der Waals surface area contributed by atoms with Crippen molar-refractivity contribution in [3.8, 4) is 0 Å². The maximum absolute atomic E-state index is 12.7. The monoisotopic (exact) mass is 367 g/mol. The lowest BCUT2D eigenvalue weighted by Gasteiger charge is -2.36. The zero-order valence-electron chi connectivity index (χ0n) is 14.1. The third-order valence-electron chi connectivity index (χ3n) is 4.75. The van der Waals surface area contributed by atoms with Gasteiger partial charge in [-0.2, -0.15) is 0 Å². The molecule has 26 heavy (non-hydrogen) atoms. The first-order chi connectivity index (χ1) is 12.6. The van der Waals surface area contributed by atoms with Crippen LogP contribution in [0.5, 0.6) is 0 Å². The van der Waals surface area contributed by atoms with Crippen LogP contribution >= 0.6 is 11.6 Å². The highest BCUT2D eigenvalue weighted by molar-refractivity contribution is 6.33. The first-order valence-electron chi connectivity index (χ1n) is 8.54. The largest absolute Gasteiger partial charge is 0.366 e. The molecular weight excluding hydrogens is 350 g/mol. The van der Waals surface area contributed by atoms with Gasteiger partial charge >= 0.3 is 0 Å². The fourth-order valence-corrected chi connectivity index (χ4v) is 3.60. The van der Waals surface area contributed by atoms with Crippen molar-refractivity contribution in [3.05, 3.63) is 75.5 Å². The number of hydrogen-bond donors (Lipinski definition) is 1. The number of nitrogens with zero attached hydrogens (tertiary/aromatic N) is 2. The first kappa shape index (κ1) is 16.7. The number of aromatic nitrogens is 1. The Morgan fingerprint density at radius 1 is 0.923 bits per heavy atom. The van der Waals surface area contributed by atoms with Crippen molar-refractivity contribution in [2.24, 2.45) is 0 Å². The molecule has 6 heteroatoms. The van der Waals surface area contributed by atoms with E-state index >= 15 is 0 Å². The molecule has 1 aliphatic rings. The van der Waals surface area contributed by atoms with E-state index in [0.717, 1.165) is 16.6 Å². The topological polar surface area (TPSA) is 56.4 Å². The predicted molar refractivity (Wildman–Crippen MR) is 104 cm³/mol. The summed E-state index contributed by atoms with van der Waals surface area (Å²) < 4.78 is 0. The van der Waals surface area contributed by atoms with Gasteiger partial charge in [0.2, 0.25) is 5.56 Å². The van der Waals surface area contributed by atoms with E-state index < -0.39 is 0 Å². The van der Waals surface area contributed by atoms with Crippen LogP contribution in [0.2, 0.25) is 5.02 Å². The molecule has 1 aromatic heterocycles. The number of nitrogens with one attached hydrogen (secondary N) is 1. The average molecular weight is 368 g/mol. The predicted octanol–water partition coefficient (Wildman–Crippen LogP) is 3.14. The molecule has 2 heterocycles. The lowest BCUT2D eigenvalue weighted by atomic mass is 10.1. The highest BCUT2D eigenvalue weighted by atomic mass is 35.5. The summed E-state index contributed by atoms with van der Waals surface area (Å²) >= 11 is 6.15. The molecule has 0 spiro atoms. The number of hydrogen-bond acceptors (Lipinski definition) is 3. The fourth-order valence-electron chi connectivity index (χ4n) is 3.38. The zero-order chi connectivity index (χ0) is 18.1. The highest BCUT2D eigenvalue weighted by Crippen LogP contribution is 2.26. The summed E-state index contributed by atoms with van der Waals surface area (Å²) in [5.41, 5.74) is 2.26. The van der Waals surface area contributed by atoms with Crippen molar-refractivity contribution in [2.45, 2.75) is 0 Å². The molecule has 2 aromatic carbocycles. The lowest BCUT2D eigenvalue weighted by molar-refractivity contribution is 0.0747. The number of aromatic amines is 1. The summed E-state index contributed by atoms with van der Waals surface area (Å²) in [6.07, 6.45) is 0. The zero-order valence-corrected chi connectivity index (χ0v) is 14.9. The van der Waals surface area contributed by atoms with Gasteiger partial charge in [0.25, 0.3) is 5.91 Å². The summed E-state index contributed by atoms with van der Waals surface area (Å²) in [7, 11) is 0. The smallest absolute Gasteiger partial charge is 0.255 e. The number of benzene rings is 2. The molecule has 0 atom stereocenters. The van der Waals surface area contributed by atoms with Gasteiger partial charge in [0.1, 0.15) is 0 Å². The van der Waals surface area contributed by atoms with Crippen molar-refractivity contribution < 1.29 is 4.79 Å². The van der Waals surface area contributed by atoms with E-state index in [1.807, 2.05) is 41.3 Å². The van der Waals surface area contributed by atoms with E-state index in [-0.39, 0.29) is 11.5 Å². The molecule has 4 rings (SSSR count). The van der Waals surface area contributed by atoms with Gasteiger partial charge < -0.3 is 14.8 Å². The molecule has 3 aromatic rings. The normalized spacial score (nSPS) is 14.7. The van der Waals surface area contributed by atoms with Crippen LogP contribution in [0.4, 0.5) is 5.69 Å². The van der Waals surface area contributed by atoms with Crippen LogP contribution < -0.4 is 10.5 Å². The van der Waals surface area contributed by atoms with Gasteiger partial charge in [-0.3, -0.25) is 9.59 Å². The van der Waals surface area contributed by atoms with E-state index in [4.69, 9.17) is 11.6 Å². The van der Waals surface area contributed by atoms with Crippen LogP contribution in [0.1, 0.15) is 10.4 Å². The van der Waals surface area contributed by atoms with Crippen LogP contribution in [0.25, 0.3) is 10.9 Å². The number of H-pyrrole nitrogens is 1. The number of rotatable bonds is 2. The summed E-state index contributed by atoms with van der Waals surface area (Å²) in [6, 6.07) is 16.5. The molecule has 0 aliphatic carbocycles. The maximum Gasteiger partial charge on any atom is 0.255 e. The van der Waals surface area contributed by atoms with E-state index in [1.54, 1.807) is 12.1 Å². The van der Waals surface area contributed by atoms with Gasteiger partial charge in [0.05, 0.1) is 21.8 Å². The standard InChI is InChI=1S/C20H18ClN3O2/c21-16-6-2-1-5-15(16)20(26)24-12-10-23(11-13-24)17-7-3-4-14-8-9-18(25)22-19(14)17/h1-9H,10-13H2,(H,22,25). The number of para-hydroxylation sites is 1. The molecule has 1 N–H and O–H groups in total. The number of amides is 1. The number of fused-ring (bicyclic) bond motifs is 1. The summed E-state index contributed by atoms with van der Waals surface area (Å²) in [5, 5.41) is 1.48. The van der Waals surface area contributed by atoms with Crippen molar-refractivity contribution in [3.63, 3.8) is 0 Å². The van der Waals surface area contributed by atoms with Crippen molar-refractivity contribution in [1.29, 1.82) is 0 Å². The van der Waals surface area contributed by atoms with Crippen LogP contribution in [-0.2, 0) is 0 Å². The van der Waals surface area contributed by atoms with Gasteiger partial charge in [-0.1, -0.05) is 35.9 Å². The Labute approximate surface area is 155 Å². The molecule has 1 fully saturated rings. The minimum absolute atomic E-state index is 0.0402. The minimum atomic E-state index is -0.113. The van der Waals surface area contributed by atoms with Crippen molar-refractivity contribution in [2.75, 3.05) is 31.1 Å². The minimum Gasteiger partial charge on any atom is -0.366 e. The van der Waals surface area contributed by atoms with Gasteiger partial charge in [0.15, 0.2) is 0 Å². The first-order valence-corrected chi connectivity index (χ1v) is 8.92. The number of carbonyl (C=O) groups excluding carboxylic acids is 1. The molecule has 1 aliphatic heterocycles. The summed E-state index contributed by atoms with van der Waals surface area (Å²) in [4.78, 5) is 31.4. The van der Waals surface area contributed by atoms with Gasteiger partial charge in [-0.05, 0) is 24.3 Å². The van der Waals surface area contributed by atoms with Crippen LogP contribution in [0.3, 0.4) is 0 Å². The Kier molecular flexibility index (Phi) is 4.39. The summed E-state index contributed by atoms with van der Waals surface area (Å²) in [5.74, 6) is -0.0402. The second-order valence-electron chi connectivity index (χ2n) is 6.32. The number of piperazine rings is 1. The molecule has 1 amide bonds. The number of carbonyl (C=O) groups is 1. The molecule has 0 radical (unpaired) electrons. The van der Waals surface area contributed by atoms with E-state index in [0.29, 0.717) is 36.8 Å². The third-order valence-corrected chi connectivity index (χ3v) is 5.08. The molecular formula is C20H18ClN3O2. The molecule has 0 bridgehead atoms. The Bertz CT molecular complexity index is 1020. The SMILES string of the molecule is O=C(c1ccccc1Cl)N1CCN(c2cccc3ccc(=O)[nH]c23)CC1. The quantitative estimate of drug-likeness (QED) is 0.757. The van der Waals surface area contributed by atoms with E-state index in [1.165, 1.54) is 6.07 Å². The van der Waals surface area contributed by atoms with Crippen LogP contribution in [0.15, 0.2) is 59.4 Å². The molecule has 5 nitrogen and oxygen atoms in total. The second kappa shape index (κ2) is 6.84. The molecule has 0 unspecified atom stereocenters. The maximum atomic E-state index is 12.7. The Hall–Kier alpha value is -2.79. The number of anilines is 1. The lowest BCUT2D eigenvalue weighted by Crippen LogP contribution is -2.49. The average Bonchev–Trinajstić information content (AvgIpc) is 2.67. The Morgan fingerprint density at radius 2 is 1.69 bits per heavy atom. The highest BCUT2D eigenvalue weighted by Gasteiger charge is 2.24. The van der Waals surface area contributed by atoms with Crippen molar-refractivity contribution >= 4 is 34.1 Å². The summed E-state index contributed by atoms with van der Waals surface area (Å²) in [6.45, 7) is 2.62. The van der Waals surface area contributed by atoms with Crippen molar-refractivity contribution in [1.82, 2.24) is 9.88 Å². The number of pyridine rings is 1. The number of halogens is 1. The third kappa shape index (κ3) is 3.06.